The lowest BCUT2D eigenvalue weighted by molar-refractivity contribution is -0.489. The number of nitrogens with two attached hydrogens (primary N) is 2. The van der Waals surface area contributed by atoms with Crippen LogP contribution < -0.4 is 20.3 Å². The van der Waals surface area contributed by atoms with Crippen molar-refractivity contribution < 1.29 is 16.9 Å². The van der Waals surface area contributed by atoms with Gasteiger partial charge in [0.25, 0.3) is 0 Å². The van der Waals surface area contributed by atoms with Gasteiger partial charge in [-0.15, -0.1) is 0 Å². The molecule has 0 unspecified atom stereocenters. The Bertz CT molecular complexity index is 530. The Morgan fingerprint density at radius 3 is 2.39 bits per heavy atom. The van der Waals surface area contributed by atoms with Gasteiger partial charge in [0.2, 0.25) is 5.82 Å². The van der Waals surface area contributed by atoms with Gasteiger partial charge in [-0.05, 0) is 19.3 Å². The number of hydrogen-bond donors (Lipinski definition) is 3. The van der Waals surface area contributed by atoms with E-state index < -0.39 is 10.3 Å². The van der Waals surface area contributed by atoms with Gasteiger partial charge in [-0.1, -0.05) is 8.96 Å². The third-order valence-corrected chi connectivity index (χ3v) is 3.72. The lowest BCUT2D eigenvalue weighted by atomic mass is 10.1. The van der Waals surface area contributed by atoms with Crippen LogP contribution in [-0.4, -0.2) is 31.0 Å². The van der Waals surface area contributed by atoms with E-state index in [2.05, 4.69) is 4.98 Å². The lowest BCUT2D eigenvalue weighted by Crippen LogP contribution is -2.48. The van der Waals surface area contributed by atoms with E-state index in [4.69, 9.17) is 16.0 Å². The Hall–Kier alpha value is -1.61. The fourth-order valence-electron chi connectivity index (χ4n) is 2.05. The Labute approximate surface area is 105 Å². The van der Waals surface area contributed by atoms with Gasteiger partial charge in [0, 0.05) is 13.1 Å². The van der Waals surface area contributed by atoms with Crippen LogP contribution in [0.4, 0.5) is 17.6 Å². The summed E-state index contributed by atoms with van der Waals surface area (Å²) in [7, 11) is -4.53. The molecule has 1 fully saturated rings. The van der Waals surface area contributed by atoms with Crippen molar-refractivity contribution in [2.75, 3.05) is 29.5 Å². The second-order valence-electron chi connectivity index (χ2n) is 4.19. The van der Waals surface area contributed by atoms with E-state index in [1.165, 1.54) is 12.5 Å². The highest BCUT2D eigenvalue weighted by Gasteiger charge is 2.25. The van der Waals surface area contributed by atoms with Crippen LogP contribution in [0, 0.1) is 0 Å². The van der Waals surface area contributed by atoms with E-state index in [0.717, 1.165) is 25.9 Å². The first kappa shape index (κ1) is 12.8. The highest BCUT2D eigenvalue weighted by Crippen LogP contribution is 2.19. The Kier molecular flexibility index (Phi) is 3.26. The van der Waals surface area contributed by atoms with Crippen molar-refractivity contribution in [1.82, 2.24) is 4.98 Å². The minimum atomic E-state index is -4.53. The molecule has 1 aliphatic heterocycles. The van der Waals surface area contributed by atoms with E-state index in [9.17, 15) is 8.42 Å². The summed E-state index contributed by atoms with van der Waals surface area (Å²) in [5.74, 6) is 0.0215. The summed E-state index contributed by atoms with van der Waals surface area (Å²) in [5.41, 5.74) is 11.1. The molecule has 0 atom stereocenters. The molecule has 0 aromatic carbocycles. The van der Waals surface area contributed by atoms with Crippen molar-refractivity contribution in [3.8, 4) is 0 Å². The summed E-state index contributed by atoms with van der Waals surface area (Å²) in [6.45, 7) is 1.67. The monoisotopic (exact) mass is 274 g/mol. The molecule has 18 heavy (non-hydrogen) atoms. The van der Waals surface area contributed by atoms with Crippen molar-refractivity contribution in [2.24, 2.45) is 0 Å². The molecule has 1 aromatic heterocycles. The molecule has 8 nitrogen and oxygen atoms in total. The van der Waals surface area contributed by atoms with Crippen LogP contribution in [0.1, 0.15) is 19.3 Å². The predicted octanol–water partition coefficient (Wildman–Crippen LogP) is -0.825. The quantitative estimate of drug-likeness (QED) is 0.474. The topological polar surface area (TPSA) is 126 Å². The summed E-state index contributed by atoms with van der Waals surface area (Å²) in [6, 6.07) is 1.40. The number of hydrogen-bond acceptors (Lipinski definition) is 6. The maximum absolute atomic E-state index is 11.1. The van der Waals surface area contributed by atoms with Gasteiger partial charge in [0.1, 0.15) is 0 Å². The largest absolute Gasteiger partial charge is 0.406 e. The molecule has 2 heterocycles. The van der Waals surface area contributed by atoms with Gasteiger partial charge in [0.15, 0.2) is 5.82 Å². The highest BCUT2D eigenvalue weighted by molar-refractivity contribution is 7.79. The summed E-state index contributed by atoms with van der Waals surface area (Å²) >= 11 is 0. The molecule has 0 amide bonds. The van der Waals surface area contributed by atoms with Gasteiger partial charge >= 0.3 is 16.3 Å². The van der Waals surface area contributed by atoms with Gasteiger partial charge in [-0.2, -0.15) is 8.42 Å². The van der Waals surface area contributed by atoms with Crippen LogP contribution in [-0.2, 0) is 10.3 Å². The summed E-state index contributed by atoms with van der Waals surface area (Å²) in [6.07, 6.45) is 3.27. The lowest BCUT2D eigenvalue weighted by Gasteiger charge is -2.26. The zero-order valence-electron chi connectivity index (χ0n) is 9.78. The third-order valence-electron chi connectivity index (χ3n) is 2.86. The standard InChI is InChI=1S/C9H15N5O3S/c10-7-6-8(13-4-2-1-3-5-13)12-9(11)14(7)18(15,16)17/h6H,1-5H2,(H4,10,11,12,15,16,17)/p+1. The number of rotatable bonds is 2. The molecule has 0 saturated carbocycles. The molecule has 100 valence electrons. The van der Waals surface area contributed by atoms with Crippen molar-refractivity contribution in [1.29, 1.82) is 0 Å². The fraction of sp³-hybridized carbons (Fsp3) is 0.556. The number of piperidine rings is 1. The van der Waals surface area contributed by atoms with Crippen LogP contribution in [0.2, 0.25) is 0 Å². The first-order valence-electron chi connectivity index (χ1n) is 5.60. The maximum atomic E-state index is 11.1. The smallest absolute Gasteiger partial charge is 0.346 e. The SMILES string of the molecule is Nc1cc(N2CCCCC2)nc(N)[n+]1S(=O)(=O)O. The molecule has 2 rings (SSSR count). The molecule has 1 aliphatic rings. The molecule has 0 radical (unpaired) electrons. The van der Waals surface area contributed by atoms with Gasteiger partial charge in [-0.3, -0.25) is 4.55 Å². The average Bonchev–Trinajstić information content (AvgIpc) is 2.27. The number of aromatic nitrogens is 2. The number of anilines is 3. The van der Waals surface area contributed by atoms with Gasteiger partial charge in [-0.25, -0.2) is 0 Å². The zero-order valence-corrected chi connectivity index (χ0v) is 10.6. The van der Waals surface area contributed by atoms with Crippen LogP contribution >= 0.6 is 0 Å². The molecule has 9 heteroatoms. The Morgan fingerprint density at radius 1 is 1.28 bits per heavy atom. The molecule has 1 aromatic rings. The van der Waals surface area contributed by atoms with Crippen molar-refractivity contribution in [2.45, 2.75) is 19.3 Å². The van der Waals surface area contributed by atoms with Crippen LogP contribution in [0.5, 0.6) is 0 Å². The summed E-state index contributed by atoms with van der Waals surface area (Å²) in [5, 5.41) is 0. The van der Waals surface area contributed by atoms with Crippen LogP contribution in [0.25, 0.3) is 0 Å². The zero-order chi connectivity index (χ0) is 13.3. The molecular weight excluding hydrogens is 258 g/mol. The first-order valence-corrected chi connectivity index (χ1v) is 7.00. The molecule has 0 spiro atoms. The summed E-state index contributed by atoms with van der Waals surface area (Å²) in [4.78, 5) is 5.96. The fourth-order valence-corrected chi connectivity index (χ4v) is 2.65. The normalized spacial score (nSPS) is 16.8. The molecule has 5 N–H and O–H groups in total. The van der Waals surface area contributed by atoms with Gasteiger partial charge < -0.3 is 16.4 Å². The Morgan fingerprint density at radius 2 is 1.89 bits per heavy atom. The van der Waals surface area contributed by atoms with E-state index in [1.807, 2.05) is 4.90 Å². The third kappa shape index (κ3) is 2.46. The summed E-state index contributed by atoms with van der Waals surface area (Å²) < 4.78 is 31.5. The first-order chi connectivity index (χ1) is 8.39. The van der Waals surface area contributed by atoms with Gasteiger partial charge in [0.05, 0.1) is 6.07 Å². The Balaban J connectivity index is 2.42. The maximum Gasteiger partial charge on any atom is 0.406 e. The van der Waals surface area contributed by atoms with Crippen LogP contribution in [0.15, 0.2) is 6.07 Å². The molecule has 0 bridgehead atoms. The van der Waals surface area contributed by atoms with E-state index in [1.54, 1.807) is 0 Å². The number of nitrogens with zero attached hydrogens (tertiary/aromatic N) is 3. The van der Waals surface area contributed by atoms with E-state index in [0.29, 0.717) is 9.79 Å². The van der Waals surface area contributed by atoms with Crippen molar-refractivity contribution in [3.63, 3.8) is 0 Å². The second kappa shape index (κ2) is 4.58. The van der Waals surface area contributed by atoms with Crippen molar-refractivity contribution >= 4 is 27.9 Å². The molecule has 0 aliphatic carbocycles. The average molecular weight is 274 g/mol. The van der Waals surface area contributed by atoms with E-state index in [-0.39, 0.29) is 11.8 Å². The van der Waals surface area contributed by atoms with Crippen molar-refractivity contribution in [3.05, 3.63) is 6.07 Å². The molecular formula is C9H16N5O3S+. The molecule has 1 saturated heterocycles. The minimum Gasteiger partial charge on any atom is -0.346 e. The minimum absolute atomic E-state index is 0.162. The second-order valence-corrected chi connectivity index (χ2v) is 5.45. The van der Waals surface area contributed by atoms with Crippen LogP contribution in [0.3, 0.4) is 0 Å². The highest BCUT2D eigenvalue weighted by atomic mass is 32.2. The van der Waals surface area contributed by atoms with E-state index >= 15 is 0 Å². The number of nitrogen functional groups attached to an aromatic ring is 2. The predicted molar refractivity (Wildman–Crippen MR) is 66.3 cm³/mol.